The van der Waals surface area contributed by atoms with Crippen molar-refractivity contribution in [2.45, 2.75) is 18.8 Å². The third-order valence-electron chi connectivity index (χ3n) is 4.07. The Balaban J connectivity index is 1.82. The Morgan fingerprint density at radius 2 is 1.81 bits per heavy atom. The second-order valence-corrected chi connectivity index (χ2v) is 5.88. The number of aliphatic hydroxyl groups excluding tert-OH is 1. The highest BCUT2D eigenvalue weighted by Crippen LogP contribution is 2.22. The van der Waals surface area contributed by atoms with E-state index in [2.05, 4.69) is 5.32 Å². The minimum Gasteiger partial charge on any atom is -0.396 e. The molecule has 6 heteroatoms. The minimum absolute atomic E-state index is 0.0161. The van der Waals surface area contributed by atoms with Crippen LogP contribution >= 0.6 is 0 Å². The minimum atomic E-state index is -0.463. The smallest absolute Gasteiger partial charge is 0.269 e. The average molecular weight is 354 g/mol. The summed E-state index contributed by atoms with van der Waals surface area (Å²) in [6, 6.07) is 15.9. The van der Waals surface area contributed by atoms with E-state index in [9.17, 15) is 20.0 Å². The number of rotatable bonds is 9. The van der Waals surface area contributed by atoms with Crippen LogP contribution in [0.15, 0.2) is 60.7 Å². The van der Waals surface area contributed by atoms with Crippen molar-refractivity contribution >= 4 is 17.7 Å². The molecule has 0 fully saturated rings. The molecule has 1 unspecified atom stereocenters. The Bertz CT molecular complexity index is 742. The molecule has 26 heavy (non-hydrogen) atoms. The second-order valence-electron chi connectivity index (χ2n) is 5.88. The summed E-state index contributed by atoms with van der Waals surface area (Å²) >= 11 is 0. The third-order valence-corrected chi connectivity index (χ3v) is 4.07. The van der Waals surface area contributed by atoms with Gasteiger partial charge in [0.05, 0.1) is 4.92 Å². The van der Waals surface area contributed by atoms with Crippen LogP contribution in [0.4, 0.5) is 5.69 Å². The second kappa shape index (κ2) is 10.1. The zero-order chi connectivity index (χ0) is 18.8. The van der Waals surface area contributed by atoms with E-state index in [-0.39, 0.29) is 24.1 Å². The van der Waals surface area contributed by atoms with Crippen LogP contribution in [0, 0.1) is 10.1 Å². The van der Waals surface area contributed by atoms with Gasteiger partial charge in [0, 0.05) is 31.4 Å². The van der Waals surface area contributed by atoms with E-state index in [1.807, 2.05) is 30.3 Å². The molecule has 2 aromatic rings. The van der Waals surface area contributed by atoms with E-state index in [0.717, 1.165) is 12.0 Å². The van der Waals surface area contributed by atoms with Gasteiger partial charge in [-0.1, -0.05) is 30.3 Å². The summed E-state index contributed by atoms with van der Waals surface area (Å²) in [5, 5.41) is 22.7. The van der Waals surface area contributed by atoms with E-state index in [4.69, 9.17) is 0 Å². The van der Waals surface area contributed by atoms with Crippen molar-refractivity contribution < 1.29 is 14.8 Å². The molecular formula is C20H22N2O4. The van der Waals surface area contributed by atoms with E-state index >= 15 is 0 Å². The lowest BCUT2D eigenvalue weighted by Gasteiger charge is -2.16. The van der Waals surface area contributed by atoms with Crippen LogP contribution in [0.25, 0.3) is 6.08 Å². The summed E-state index contributed by atoms with van der Waals surface area (Å²) in [5.41, 5.74) is 1.88. The number of nitrogens with zero attached hydrogens (tertiary/aromatic N) is 1. The van der Waals surface area contributed by atoms with Crippen LogP contribution in [0.5, 0.6) is 0 Å². The fraction of sp³-hybridized carbons (Fsp3) is 0.250. The lowest BCUT2D eigenvalue weighted by molar-refractivity contribution is -0.384. The quantitative estimate of drug-likeness (QED) is 0.411. The Hall–Kier alpha value is -2.99. The fourth-order valence-electron chi connectivity index (χ4n) is 2.67. The molecule has 136 valence electrons. The molecule has 1 amide bonds. The molecule has 2 N–H and O–H groups in total. The van der Waals surface area contributed by atoms with Crippen LogP contribution < -0.4 is 5.32 Å². The van der Waals surface area contributed by atoms with Crippen molar-refractivity contribution in [1.82, 2.24) is 5.32 Å². The summed E-state index contributed by atoms with van der Waals surface area (Å²) in [7, 11) is 0. The lowest BCUT2D eigenvalue weighted by atomic mass is 9.93. The molecule has 0 spiro atoms. The number of hydrogen-bond acceptors (Lipinski definition) is 4. The monoisotopic (exact) mass is 354 g/mol. The number of carbonyl (C=O) groups excluding carboxylic acids is 1. The fourth-order valence-corrected chi connectivity index (χ4v) is 2.67. The van der Waals surface area contributed by atoms with Gasteiger partial charge in [-0.15, -0.1) is 0 Å². The van der Waals surface area contributed by atoms with E-state index in [1.165, 1.54) is 18.2 Å². The molecule has 0 aromatic heterocycles. The number of non-ortho nitro benzene ring substituents is 1. The highest BCUT2D eigenvalue weighted by atomic mass is 16.6. The topological polar surface area (TPSA) is 92.5 Å². The molecule has 1 atom stereocenters. The Labute approximate surface area is 152 Å². The maximum absolute atomic E-state index is 11.9. The number of nitro benzene ring substituents is 1. The van der Waals surface area contributed by atoms with Gasteiger partial charge in [-0.25, -0.2) is 0 Å². The van der Waals surface area contributed by atoms with Gasteiger partial charge in [0.1, 0.15) is 0 Å². The van der Waals surface area contributed by atoms with Crippen molar-refractivity contribution in [3.05, 3.63) is 81.9 Å². The van der Waals surface area contributed by atoms with Crippen LogP contribution in [0.2, 0.25) is 0 Å². The van der Waals surface area contributed by atoms with Gasteiger partial charge in [0.25, 0.3) is 5.69 Å². The number of amides is 1. The van der Waals surface area contributed by atoms with Crippen molar-refractivity contribution in [1.29, 1.82) is 0 Å². The molecule has 2 rings (SSSR count). The largest absolute Gasteiger partial charge is 0.396 e. The molecule has 0 bridgehead atoms. The van der Waals surface area contributed by atoms with Gasteiger partial charge in [-0.2, -0.15) is 0 Å². The maximum Gasteiger partial charge on any atom is 0.269 e. The standard InChI is InChI=1S/C20H22N2O4/c23-15-13-18(17-4-2-1-3-5-17)12-14-21-20(24)11-8-16-6-9-19(10-7-16)22(25)26/h1-11,18,23H,12-15H2,(H,21,24)/b11-8+. The van der Waals surface area contributed by atoms with Gasteiger partial charge >= 0.3 is 0 Å². The normalized spacial score (nSPS) is 12.0. The summed E-state index contributed by atoms with van der Waals surface area (Å²) in [5.74, 6) is -0.0284. The van der Waals surface area contributed by atoms with Gasteiger partial charge < -0.3 is 10.4 Å². The Morgan fingerprint density at radius 3 is 2.42 bits per heavy atom. The van der Waals surface area contributed by atoms with Crippen molar-refractivity contribution in [3.63, 3.8) is 0 Å². The first-order valence-electron chi connectivity index (χ1n) is 8.46. The average Bonchev–Trinajstić information content (AvgIpc) is 2.66. The van der Waals surface area contributed by atoms with Crippen molar-refractivity contribution in [2.75, 3.05) is 13.2 Å². The molecule has 0 aliphatic carbocycles. The van der Waals surface area contributed by atoms with E-state index < -0.39 is 4.92 Å². The number of carbonyl (C=O) groups is 1. The molecule has 0 radical (unpaired) electrons. The summed E-state index contributed by atoms with van der Waals surface area (Å²) in [4.78, 5) is 22.1. The van der Waals surface area contributed by atoms with Crippen molar-refractivity contribution in [2.24, 2.45) is 0 Å². The van der Waals surface area contributed by atoms with Crippen LogP contribution in [-0.4, -0.2) is 29.1 Å². The third kappa shape index (κ3) is 6.14. The predicted octanol–water partition coefficient (Wildman–Crippen LogP) is 3.28. The molecule has 0 aliphatic rings. The first-order chi connectivity index (χ1) is 12.6. The summed E-state index contributed by atoms with van der Waals surface area (Å²) in [6.45, 7) is 0.608. The van der Waals surface area contributed by atoms with Gasteiger partial charge in [-0.3, -0.25) is 14.9 Å². The Kier molecular flexibility index (Phi) is 7.51. The van der Waals surface area contributed by atoms with E-state index in [0.29, 0.717) is 18.5 Å². The van der Waals surface area contributed by atoms with E-state index in [1.54, 1.807) is 18.2 Å². The number of nitro groups is 1. The van der Waals surface area contributed by atoms with Crippen LogP contribution in [-0.2, 0) is 4.79 Å². The summed E-state index contributed by atoms with van der Waals surface area (Å²) in [6.07, 6.45) is 4.41. The number of nitrogens with one attached hydrogen (secondary N) is 1. The molecule has 0 saturated heterocycles. The predicted molar refractivity (Wildman–Crippen MR) is 101 cm³/mol. The molecule has 2 aromatic carbocycles. The molecule has 0 saturated carbocycles. The number of aliphatic hydroxyl groups is 1. The van der Waals surface area contributed by atoms with Gasteiger partial charge in [-0.05, 0) is 48.1 Å². The van der Waals surface area contributed by atoms with Gasteiger partial charge in [0.15, 0.2) is 0 Å². The van der Waals surface area contributed by atoms with Gasteiger partial charge in [0.2, 0.25) is 5.91 Å². The molecule has 0 aliphatic heterocycles. The highest BCUT2D eigenvalue weighted by molar-refractivity contribution is 5.91. The molecule has 0 heterocycles. The lowest BCUT2D eigenvalue weighted by Crippen LogP contribution is -2.23. The van der Waals surface area contributed by atoms with Crippen molar-refractivity contribution in [3.8, 4) is 0 Å². The molecule has 6 nitrogen and oxygen atoms in total. The Morgan fingerprint density at radius 1 is 1.12 bits per heavy atom. The number of benzene rings is 2. The highest BCUT2D eigenvalue weighted by Gasteiger charge is 2.10. The first kappa shape index (κ1) is 19.3. The summed E-state index contributed by atoms with van der Waals surface area (Å²) < 4.78 is 0. The zero-order valence-electron chi connectivity index (χ0n) is 14.4. The zero-order valence-corrected chi connectivity index (χ0v) is 14.4. The van der Waals surface area contributed by atoms with Crippen LogP contribution in [0.1, 0.15) is 29.9 Å². The maximum atomic E-state index is 11.9. The van der Waals surface area contributed by atoms with Crippen LogP contribution in [0.3, 0.4) is 0 Å². The SMILES string of the molecule is O=C(/C=C/c1ccc([N+](=O)[O-])cc1)NCCC(CCO)c1ccccc1. The molecular weight excluding hydrogens is 332 g/mol. The number of hydrogen-bond donors (Lipinski definition) is 2. The first-order valence-corrected chi connectivity index (χ1v) is 8.46.